The average molecular weight is 409 g/mol. The van der Waals surface area contributed by atoms with Crippen LogP contribution in [0.1, 0.15) is 41.7 Å². The van der Waals surface area contributed by atoms with Crippen LogP contribution in [-0.2, 0) is 15.1 Å². The minimum Gasteiger partial charge on any atom is -0.378 e. The van der Waals surface area contributed by atoms with Crippen molar-refractivity contribution >= 4 is 17.7 Å². The number of nitrogens with one attached hydrogen (secondary N) is 1. The molecule has 150 valence electrons. The Kier molecular flexibility index (Phi) is 5.58. The van der Waals surface area contributed by atoms with Gasteiger partial charge in [-0.05, 0) is 48.6 Å². The third kappa shape index (κ3) is 3.88. The molecule has 4 atom stereocenters. The first-order valence-corrected chi connectivity index (χ1v) is 10.5. The highest BCUT2D eigenvalue weighted by molar-refractivity contribution is 7.93. The molecule has 3 nitrogen and oxygen atoms in total. The molecule has 7 heteroatoms. The van der Waals surface area contributed by atoms with Crippen LogP contribution >= 0.6 is 12.0 Å². The Morgan fingerprint density at radius 2 is 1.93 bits per heavy atom. The Hall–Kier alpha value is -1.70. The summed E-state index contributed by atoms with van der Waals surface area (Å²) in [5.41, 5.74) is 1.76. The lowest BCUT2D eigenvalue weighted by Crippen LogP contribution is -2.40. The highest BCUT2D eigenvalue weighted by atomic mass is 32.2. The molecule has 2 aromatic rings. The molecule has 0 saturated carbocycles. The molecule has 0 radical (unpaired) electrons. The van der Waals surface area contributed by atoms with Gasteiger partial charge in [0.05, 0.1) is 30.4 Å². The second kappa shape index (κ2) is 7.97. The van der Waals surface area contributed by atoms with Crippen molar-refractivity contribution in [3.8, 4) is 0 Å². The molecule has 2 heterocycles. The molecule has 1 fully saturated rings. The van der Waals surface area contributed by atoms with Crippen LogP contribution in [0, 0.1) is 5.92 Å². The zero-order chi connectivity index (χ0) is 19.7. The molecule has 1 saturated heterocycles. The summed E-state index contributed by atoms with van der Waals surface area (Å²) in [4.78, 5) is 0. The summed E-state index contributed by atoms with van der Waals surface area (Å²) in [6.07, 6.45) is -1.38. The van der Waals surface area contributed by atoms with Gasteiger partial charge in [0.2, 0.25) is 0 Å². The molecule has 0 spiro atoms. The Bertz CT molecular complexity index is 815. The number of alkyl halides is 3. The Balaban J connectivity index is 1.71. The average Bonchev–Trinajstić information content (AvgIpc) is 2.71. The molecule has 2 aliphatic rings. The van der Waals surface area contributed by atoms with Crippen LogP contribution in [0.4, 0.5) is 18.9 Å². The van der Waals surface area contributed by atoms with Crippen molar-refractivity contribution in [1.29, 1.82) is 0 Å². The Labute approximate surface area is 166 Å². The summed E-state index contributed by atoms with van der Waals surface area (Å²) in [6, 6.07) is 13.9. The number of anilines is 1. The number of ether oxygens (including phenoxy) is 1. The number of rotatable bonds is 4. The van der Waals surface area contributed by atoms with Crippen LogP contribution in [0.2, 0.25) is 0 Å². The van der Waals surface area contributed by atoms with Crippen molar-refractivity contribution in [2.75, 3.05) is 18.2 Å². The standard InChI is InChI=1S/C21H22F3NO2S/c1-28-26-12-15-8-9-16-19(13-5-3-2-4-6-13)25-18-10-7-14(21(22,23)24)11-17(18)20(16)27-15/h2-7,10-11,15-16,19-20,25H,8-9,12H2,1H3/t15?,16?,19-,20?/m0/s1. The molecular weight excluding hydrogens is 387 g/mol. The van der Waals surface area contributed by atoms with Crippen molar-refractivity contribution in [1.82, 2.24) is 0 Å². The van der Waals surface area contributed by atoms with Crippen LogP contribution in [0.5, 0.6) is 0 Å². The first-order chi connectivity index (χ1) is 13.5. The minimum atomic E-state index is -4.38. The van der Waals surface area contributed by atoms with Gasteiger partial charge in [-0.2, -0.15) is 13.2 Å². The molecule has 2 aliphatic heterocycles. The molecule has 0 bridgehead atoms. The van der Waals surface area contributed by atoms with Crippen LogP contribution in [0.25, 0.3) is 0 Å². The quantitative estimate of drug-likeness (QED) is 0.627. The lowest BCUT2D eigenvalue weighted by Gasteiger charge is -2.45. The summed E-state index contributed by atoms with van der Waals surface area (Å²) in [7, 11) is 0. The first-order valence-electron chi connectivity index (χ1n) is 9.31. The van der Waals surface area contributed by atoms with Crippen LogP contribution in [0.3, 0.4) is 0 Å². The molecule has 3 unspecified atom stereocenters. The van der Waals surface area contributed by atoms with Gasteiger partial charge in [-0.25, -0.2) is 0 Å². The maximum atomic E-state index is 13.3. The second-order valence-corrected chi connectivity index (χ2v) is 7.77. The monoisotopic (exact) mass is 409 g/mol. The third-order valence-electron chi connectivity index (χ3n) is 5.50. The van der Waals surface area contributed by atoms with E-state index in [1.807, 2.05) is 36.6 Å². The van der Waals surface area contributed by atoms with Crippen molar-refractivity contribution in [3.05, 3.63) is 65.2 Å². The van der Waals surface area contributed by atoms with Gasteiger partial charge in [-0.3, -0.25) is 0 Å². The summed E-state index contributed by atoms with van der Waals surface area (Å²) >= 11 is 1.27. The molecule has 0 amide bonds. The SMILES string of the molecule is CSOCC1CCC2C(O1)c1cc(C(F)(F)F)ccc1N[C@H]2c1ccccc1. The summed E-state index contributed by atoms with van der Waals surface area (Å²) in [5, 5.41) is 3.47. The largest absolute Gasteiger partial charge is 0.416 e. The molecule has 28 heavy (non-hydrogen) atoms. The third-order valence-corrected chi connectivity index (χ3v) is 5.88. The molecule has 2 aromatic carbocycles. The predicted octanol–water partition coefficient (Wildman–Crippen LogP) is 6.00. The molecular formula is C21H22F3NO2S. The molecule has 0 aliphatic carbocycles. The van der Waals surface area contributed by atoms with E-state index >= 15 is 0 Å². The number of hydrogen-bond acceptors (Lipinski definition) is 4. The Morgan fingerprint density at radius 3 is 2.64 bits per heavy atom. The lowest BCUT2D eigenvalue weighted by molar-refractivity contribution is -0.138. The van der Waals surface area contributed by atoms with Gasteiger partial charge in [0.1, 0.15) is 0 Å². The van der Waals surface area contributed by atoms with E-state index in [4.69, 9.17) is 8.92 Å². The lowest BCUT2D eigenvalue weighted by atomic mass is 9.76. The van der Waals surface area contributed by atoms with Crippen molar-refractivity contribution in [2.24, 2.45) is 5.92 Å². The van der Waals surface area contributed by atoms with Crippen molar-refractivity contribution in [3.63, 3.8) is 0 Å². The zero-order valence-corrected chi connectivity index (χ0v) is 16.2. The van der Waals surface area contributed by atoms with Crippen LogP contribution in [-0.4, -0.2) is 19.0 Å². The van der Waals surface area contributed by atoms with Gasteiger partial charge >= 0.3 is 6.18 Å². The van der Waals surface area contributed by atoms with E-state index in [0.717, 1.165) is 24.5 Å². The normalized spacial score (nSPS) is 26.9. The number of hydrogen-bond donors (Lipinski definition) is 1. The van der Waals surface area contributed by atoms with E-state index in [1.54, 1.807) is 0 Å². The van der Waals surface area contributed by atoms with E-state index in [0.29, 0.717) is 17.9 Å². The second-order valence-electron chi connectivity index (χ2n) is 7.20. The van der Waals surface area contributed by atoms with E-state index in [2.05, 4.69) is 5.32 Å². The van der Waals surface area contributed by atoms with Crippen molar-refractivity contribution in [2.45, 2.75) is 37.3 Å². The highest BCUT2D eigenvalue weighted by Gasteiger charge is 2.43. The van der Waals surface area contributed by atoms with E-state index in [9.17, 15) is 13.2 Å². The molecule has 4 rings (SSSR count). The predicted molar refractivity (Wildman–Crippen MR) is 104 cm³/mol. The summed E-state index contributed by atoms with van der Waals surface area (Å²) in [6.45, 7) is 0.433. The van der Waals surface area contributed by atoms with Gasteiger partial charge < -0.3 is 14.2 Å². The van der Waals surface area contributed by atoms with Crippen LogP contribution < -0.4 is 5.32 Å². The zero-order valence-electron chi connectivity index (χ0n) is 15.4. The van der Waals surface area contributed by atoms with Gasteiger partial charge in [-0.15, -0.1) is 0 Å². The van der Waals surface area contributed by atoms with Gasteiger partial charge in [-0.1, -0.05) is 30.3 Å². The van der Waals surface area contributed by atoms with Gasteiger partial charge in [0, 0.05) is 23.4 Å². The Morgan fingerprint density at radius 1 is 1.14 bits per heavy atom. The maximum absolute atomic E-state index is 13.3. The fourth-order valence-corrected chi connectivity index (χ4v) is 4.48. The van der Waals surface area contributed by atoms with E-state index in [-0.39, 0.29) is 18.1 Å². The number of fused-ring (bicyclic) bond motifs is 3. The highest BCUT2D eigenvalue weighted by Crippen LogP contribution is 2.51. The molecule has 1 N–H and O–H groups in total. The number of benzene rings is 2. The first kappa shape index (κ1) is 19.6. The minimum absolute atomic E-state index is 0.00199. The summed E-state index contributed by atoms with van der Waals surface area (Å²) in [5.74, 6) is 0.0592. The fourth-order valence-electron chi connectivity index (χ4n) is 4.19. The summed E-state index contributed by atoms with van der Waals surface area (Å²) < 4.78 is 51.6. The van der Waals surface area contributed by atoms with Crippen molar-refractivity contribution < 1.29 is 22.1 Å². The van der Waals surface area contributed by atoms with E-state index in [1.165, 1.54) is 24.2 Å². The maximum Gasteiger partial charge on any atom is 0.416 e. The van der Waals surface area contributed by atoms with Gasteiger partial charge in [0.15, 0.2) is 0 Å². The topological polar surface area (TPSA) is 30.5 Å². The fraction of sp³-hybridized carbons (Fsp3) is 0.429. The molecule has 0 aromatic heterocycles. The number of halogens is 3. The smallest absolute Gasteiger partial charge is 0.378 e. The van der Waals surface area contributed by atoms with Crippen LogP contribution in [0.15, 0.2) is 48.5 Å². The van der Waals surface area contributed by atoms with Gasteiger partial charge in [0.25, 0.3) is 0 Å². The van der Waals surface area contributed by atoms with E-state index < -0.39 is 17.8 Å².